The molecule has 24 heavy (non-hydrogen) atoms. The summed E-state index contributed by atoms with van der Waals surface area (Å²) in [6.45, 7) is 5.32. The van der Waals surface area contributed by atoms with Crippen molar-refractivity contribution >= 4 is 5.91 Å². The van der Waals surface area contributed by atoms with Crippen LogP contribution in [0.3, 0.4) is 0 Å². The first-order valence-electron chi connectivity index (χ1n) is 8.06. The van der Waals surface area contributed by atoms with E-state index in [1.807, 2.05) is 11.8 Å². The van der Waals surface area contributed by atoms with Crippen LogP contribution in [0.15, 0.2) is 12.1 Å². The molecule has 3 atom stereocenters. The number of nitrogens with one attached hydrogen (secondary N) is 1. The van der Waals surface area contributed by atoms with E-state index in [0.29, 0.717) is 31.7 Å². The Morgan fingerprint density at radius 1 is 1.38 bits per heavy atom. The number of rotatable bonds is 6. The van der Waals surface area contributed by atoms with Crippen LogP contribution in [0.2, 0.25) is 0 Å². The largest absolute Gasteiger partial charge is 0.384 e. The maximum Gasteiger partial charge on any atom is 0.225 e. The summed E-state index contributed by atoms with van der Waals surface area (Å²) in [5, 5.41) is 2.93. The van der Waals surface area contributed by atoms with Gasteiger partial charge in [0.15, 0.2) is 17.5 Å². The second-order valence-corrected chi connectivity index (χ2v) is 6.13. The summed E-state index contributed by atoms with van der Waals surface area (Å²) in [4.78, 5) is 14.2. The minimum atomic E-state index is -1.48. The van der Waals surface area contributed by atoms with Crippen LogP contribution in [0.1, 0.15) is 31.9 Å². The maximum absolute atomic E-state index is 13.6. The van der Waals surface area contributed by atoms with Crippen molar-refractivity contribution < 1.29 is 22.7 Å². The Morgan fingerprint density at radius 2 is 2.00 bits per heavy atom. The van der Waals surface area contributed by atoms with Crippen molar-refractivity contribution in [1.29, 1.82) is 0 Å². The fourth-order valence-electron chi connectivity index (χ4n) is 3.20. The molecule has 0 saturated carbocycles. The van der Waals surface area contributed by atoms with Crippen LogP contribution in [-0.2, 0) is 9.53 Å². The van der Waals surface area contributed by atoms with E-state index in [1.54, 1.807) is 6.92 Å². The Labute approximate surface area is 140 Å². The predicted molar refractivity (Wildman–Crippen MR) is 83.9 cm³/mol. The van der Waals surface area contributed by atoms with Crippen LogP contribution >= 0.6 is 0 Å². The number of likely N-dealkylation sites (N-methyl/N-ethyl adjacent to an activating group) is 1. The molecule has 1 heterocycles. The standard InChI is InChI=1S/C17H23F3N2O2/c1-4-22-6-5-14(21-17(23)10(2)9-24-3)16(22)11-7-12(18)15(20)13(19)8-11/h7-8,10,14,16H,4-6,9H2,1-3H3,(H,21,23)/t10-,14-,16+/m0/s1. The average Bonchev–Trinajstić information content (AvgIpc) is 2.94. The molecule has 1 fully saturated rings. The molecule has 1 amide bonds. The van der Waals surface area contributed by atoms with Gasteiger partial charge in [-0.05, 0) is 30.7 Å². The van der Waals surface area contributed by atoms with E-state index in [9.17, 15) is 18.0 Å². The molecule has 4 nitrogen and oxygen atoms in total. The van der Waals surface area contributed by atoms with Crippen LogP contribution in [0.25, 0.3) is 0 Å². The molecule has 0 aliphatic carbocycles. The van der Waals surface area contributed by atoms with E-state index in [-0.39, 0.29) is 17.9 Å². The highest BCUT2D eigenvalue weighted by atomic mass is 19.2. The number of hydrogen-bond donors (Lipinski definition) is 1. The zero-order valence-corrected chi connectivity index (χ0v) is 14.1. The Bertz CT molecular complexity index is 574. The van der Waals surface area contributed by atoms with Gasteiger partial charge in [-0.25, -0.2) is 13.2 Å². The summed E-state index contributed by atoms with van der Waals surface area (Å²) in [7, 11) is 1.52. The summed E-state index contributed by atoms with van der Waals surface area (Å²) >= 11 is 0. The molecule has 2 rings (SSSR count). The van der Waals surface area contributed by atoms with Crippen molar-refractivity contribution in [3.63, 3.8) is 0 Å². The van der Waals surface area contributed by atoms with E-state index >= 15 is 0 Å². The van der Waals surface area contributed by atoms with Gasteiger partial charge >= 0.3 is 0 Å². The van der Waals surface area contributed by atoms with Gasteiger partial charge in [-0.1, -0.05) is 13.8 Å². The highest BCUT2D eigenvalue weighted by molar-refractivity contribution is 5.78. The topological polar surface area (TPSA) is 41.6 Å². The number of halogens is 3. The van der Waals surface area contributed by atoms with E-state index in [1.165, 1.54) is 7.11 Å². The molecular formula is C17H23F3N2O2. The second kappa shape index (κ2) is 7.98. The molecular weight excluding hydrogens is 321 g/mol. The normalized spacial score (nSPS) is 22.6. The first-order chi connectivity index (χ1) is 11.4. The van der Waals surface area contributed by atoms with E-state index in [0.717, 1.165) is 12.1 Å². The third-order valence-electron chi connectivity index (χ3n) is 4.45. The predicted octanol–water partition coefficient (Wildman–Crippen LogP) is 2.64. The van der Waals surface area contributed by atoms with Gasteiger partial charge in [0, 0.05) is 19.7 Å². The van der Waals surface area contributed by atoms with Gasteiger partial charge in [-0.15, -0.1) is 0 Å². The van der Waals surface area contributed by atoms with Crippen LogP contribution in [-0.4, -0.2) is 43.7 Å². The molecule has 0 radical (unpaired) electrons. The molecule has 1 aromatic carbocycles. The molecule has 1 N–H and O–H groups in total. The lowest BCUT2D eigenvalue weighted by Gasteiger charge is -2.29. The Morgan fingerprint density at radius 3 is 2.54 bits per heavy atom. The molecule has 134 valence electrons. The van der Waals surface area contributed by atoms with Crippen LogP contribution < -0.4 is 5.32 Å². The van der Waals surface area contributed by atoms with E-state index in [4.69, 9.17) is 4.74 Å². The smallest absolute Gasteiger partial charge is 0.225 e. The van der Waals surface area contributed by atoms with Crippen LogP contribution in [0, 0.1) is 23.4 Å². The first kappa shape index (κ1) is 18.7. The Hall–Kier alpha value is -1.60. The number of amides is 1. The number of carbonyl (C=O) groups is 1. The van der Waals surface area contributed by atoms with Crippen LogP contribution in [0.4, 0.5) is 13.2 Å². The molecule has 1 aliphatic rings. The quantitative estimate of drug-likeness (QED) is 0.807. The zero-order valence-electron chi connectivity index (χ0n) is 14.1. The third-order valence-corrected chi connectivity index (χ3v) is 4.45. The highest BCUT2D eigenvalue weighted by Crippen LogP contribution is 2.33. The molecule has 0 spiro atoms. The minimum Gasteiger partial charge on any atom is -0.384 e. The van der Waals surface area contributed by atoms with Gasteiger partial charge in [0.25, 0.3) is 0 Å². The van der Waals surface area contributed by atoms with Gasteiger partial charge in [0.05, 0.1) is 18.6 Å². The van der Waals surface area contributed by atoms with Crippen molar-refractivity contribution in [3.05, 3.63) is 35.1 Å². The number of hydrogen-bond acceptors (Lipinski definition) is 3. The third kappa shape index (κ3) is 3.89. The monoisotopic (exact) mass is 344 g/mol. The summed E-state index contributed by atoms with van der Waals surface area (Å²) in [6, 6.07) is 1.34. The fourth-order valence-corrected chi connectivity index (χ4v) is 3.20. The van der Waals surface area contributed by atoms with Gasteiger partial charge in [0.1, 0.15) is 0 Å². The molecule has 1 saturated heterocycles. The number of ether oxygens (including phenoxy) is 1. The number of nitrogens with zero attached hydrogens (tertiary/aromatic N) is 1. The molecule has 0 aromatic heterocycles. The van der Waals surface area contributed by atoms with E-state index in [2.05, 4.69) is 5.32 Å². The molecule has 1 aliphatic heterocycles. The van der Waals surface area contributed by atoms with E-state index < -0.39 is 23.5 Å². The zero-order chi connectivity index (χ0) is 17.9. The van der Waals surface area contributed by atoms with Gasteiger partial charge in [-0.2, -0.15) is 0 Å². The summed E-state index contributed by atoms with van der Waals surface area (Å²) in [6.07, 6.45) is 0.657. The lowest BCUT2D eigenvalue weighted by molar-refractivity contribution is -0.126. The number of benzene rings is 1. The maximum atomic E-state index is 13.6. The summed E-state index contributed by atoms with van der Waals surface area (Å²) < 4.78 is 45.4. The van der Waals surface area contributed by atoms with Gasteiger partial charge in [-0.3, -0.25) is 9.69 Å². The molecule has 0 unspecified atom stereocenters. The molecule has 1 aromatic rings. The van der Waals surface area contributed by atoms with Gasteiger partial charge in [0.2, 0.25) is 5.91 Å². The Balaban J connectivity index is 2.24. The highest BCUT2D eigenvalue weighted by Gasteiger charge is 2.36. The van der Waals surface area contributed by atoms with Crippen molar-refractivity contribution in [2.24, 2.45) is 5.92 Å². The number of likely N-dealkylation sites (tertiary alicyclic amines) is 1. The first-order valence-corrected chi connectivity index (χ1v) is 8.06. The minimum absolute atomic E-state index is 0.173. The number of methoxy groups -OCH3 is 1. The summed E-state index contributed by atoms with van der Waals surface area (Å²) in [5.41, 5.74) is 0.329. The van der Waals surface area contributed by atoms with Crippen molar-refractivity contribution in [2.45, 2.75) is 32.4 Å². The fraction of sp³-hybridized carbons (Fsp3) is 0.588. The lowest BCUT2D eigenvalue weighted by atomic mass is 9.98. The summed E-state index contributed by atoms with van der Waals surface area (Å²) in [5.74, 6) is -4.41. The van der Waals surface area contributed by atoms with Crippen molar-refractivity contribution in [3.8, 4) is 0 Å². The SMILES string of the molecule is CCN1CC[C@H](NC(=O)[C@@H](C)COC)[C@H]1c1cc(F)c(F)c(F)c1. The molecule has 7 heteroatoms. The molecule has 0 bridgehead atoms. The lowest BCUT2D eigenvalue weighted by Crippen LogP contribution is -2.42. The van der Waals surface area contributed by atoms with Crippen LogP contribution in [0.5, 0.6) is 0 Å². The van der Waals surface area contributed by atoms with Crippen molar-refractivity contribution in [1.82, 2.24) is 10.2 Å². The second-order valence-electron chi connectivity index (χ2n) is 6.13. The van der Waals surface area contributed by atoms with Crippen molar-refractivity contribution in [2.75, 3.05) is 26.8 Å². The average molecular weight is 344 g/mol. The number of carbonyl (C=O) groups excluding carboxylic acids is 1. The van der Waals surface area contributed by atoms with Gasteiger partial charge < -0.3 is 10.1 Å². The Kier molecular flexibility index (Phi) is 6.23.